The third-order valence-electron chi connectivity index (χ3n) is 5.98. The molecule has 3 heterocycles. The monoisotopic (exact) mass is 457 g/mol. The first-order valence-corrected chi connectivity index (χ1v) is 10.8. The minimum atomic E-state index is -1.21. The number of nitrogens with two attached hydrogens (primary N) is 1. The largest absolute Gasteiger partial charge is 0.481 e. The van der Waals surface area contributed by atoms with E-state index in [-0.39, 0.29) is 18.8 Å². The molecule has 0 unspecified atom stereocenters. The summed E-state index contributed by atoms with van der Waals surface area (Å²) in [6, 6.07) is 15.1. The van der Waals surface area contributed by atoms with Crippen LogP contribution in [-0.2, 0) is 16.9 Å². The summed E-state index contributed by atoms with van der Waals surface area (Å²) in [5.41, 5.74) is 9.73. The summed E-state index contributed by atoms with van der Waals surface area (Å²) in [4.78, 5) is 24.3. The van der Waals surface area contributed by atoms with E-state index >= 15 is 0 Å². The van der Waals surface area contributed by atoms with E-state index in [2.05, 4.69) is 25.3 Å². The number of anilines is 1. The molecule has 1 fully saturated rings. The molecular formula is C24H23N7O3. The zero-order valence-electron chi connectivity index (χ0n) is 18.5. The lowest BCUT2D eigenvalue weighted by Gasteiger charge is -2.41. The second kappa shape index (κ2) is 8.31. The van der Waals surface area contributed by atoms with E-state index in [4.69, 9.17) is 10.8 Å². The highest BCUT2D eigenvalue weighted by molar-refractivity contribution is 5.72. The van der Waals surface area contributed by atoms with Crippen molar-refractivity contribution >= 4 is 11.9 Å². The van der Waals surface area contributed by atoms with Gasteiger partial charge in [0.15, 0.2) is 0 Å². The van der Waals surface area contributed by atoms with Crippen LogP contribution in [0.25, 0.3) is 22.6 Å². The molecule has 0 saturated heterocycles. The molecule has 0 atom stereocenters. The molecule has 34 heavy (non-hydrogen) atoms. The molecule has 4 N–H and O–H groups in total. The number of benzene rings is 1. The Morgan fingerprint density at radius 3 is 2.62 bits per heavy atom. The lowest BCUT2D eigenvalue weighted by molar-refractivity contribution is -0.160. The van der Waals surface area contributed by atoms with Gasteiger partial charge in [-0.15, -0.1) is 5.10 Å². The number of aromatic nitrogens is 6. The number of hydrogen-bond acceptors (Lipinski definition) is 8. The minimum Gasteiger partial charge on any atom is -0.481 e. The van der Waals surface area contributed by atoms with Crippen molar-refractivity contribution in [1.82, 2.24) is 29.9 Å². The van der Waals surface area contributed by atoms with Gasteiger partial charge in [-0.05, 0) is 44.0 Å². The van der Waals surface area contributed by atoms with Gasteiger partial charge in [0.05, 0.1) is 41.4 Å². The molecule has 0 amide bonds. The predicted molar refractivity (Wildman–Crippen MR) is 123 cm³/mol. The van der Waals surface area contributed by atoms with Gasteiger partial charge >= 0.3 is 5.97 Å². The van der Waals surface area contributed by atoms with Gasteiger partial charge in [0.25, 0.3) is 0 Å². The number of carboxylic acids is 1. The van der Waals surface area contributed by atoms with Crippen LogP contribution in [0.15, 0.2) is 54.7 Å². The van der Waals surface area contributed by atoms with Crippen LogP contribution in [0.4, 0.5) is 5.95 Å². The third kappa shape index (κ3) is 4.23. The van der Waals surface area contributed by atoms with E-state index in [0.29, 0.717) is 35.0 Å². The Balaban J connectivity index is 1.36. The zero-order chi connectivity index (χ0) is 23.9. The summed E-state index contributed by atoms with van der Waals surface area (Å²) >= 11 is 0. The second-order valence-corrected chi connectivity index (χ2v) is 8.66. The SMILES string of the molecule is Cc1cccc(-c2cc(-c3cn(Cc4cccc(C5(O)CC(C(=O)O)C5)n4)nn3)nc(N)n2)c1. The number of pyridine rings is 1. The van der Waals surface area contributed by atoms with Gasteiger partial charge in [0.1, 0.15) is 11.3 Å². The van der Waals surface area contributed by atoms with E-state index in [0.717, 1.165) is 11.1 Å². The first kappa shape index (κ1) is 21.7. The molecule has 1 saturated carbocycles. The summed E-state index contributed by atoms with van der Waals surface area (Å²) in [5, 5.41) is 28.2. The molecule has 10 heteroatoms. The molecule has 4 aromatic rings. The van der Waals surface area contributed by atoms with Crippen molar-refractivity contribution in [2.24, 2.45) is 5.92 Å². The van der Waals surface area contributed by atoms with Crippen LogP contribution < -0.4 is 5.73 Å². The molecule has 10 nitrogen and oxygen atoms in total. The topological polar surface area (TPSA) is 153 Å². The highest BCUT2D eigenvalue weighted by Crippen LogP contribution is 2.45. The predicted octanol–water partition coefficient (Wildman–Crippen LogP) is 2.42. The summed E-state index contributed by atoms with van der Waals surface area (Å²) in [6.45, 7) is 2.34. The van der Waals surface area contributed by atoms with Crippen LogP contribution >= 0.6 is 0 Å². The van der Waals surface area contributed by atoms with E-state index < -0.39 is 17.5 Å². The fraction of sp³-hybridized carbons (Fsp3) is 0.250. The number of rotatable bonds is 6. The maximum atomic E-state index is 11.1. The number of aliphatic carboxylic acids is 1. The zero-order valence-corrected chi connectivity index (χ0v) is 18.5. The van der Waals surface area contributed by atoms with Crippen LogP contribution in [0.3, 0.4) is 0 Å². The van der Waals surface area contributed by atoms with Gasteiger partial charge in [0, 0.05) is 5.56 Å². The van der Waals surface area contributed by atoms with Crippen molar-refractivity contribution in [2.45, 2.75) is 31.9 Å². The lowest BCUT2D eigenvalue weighted by atomic mass is 9.69. The first-order chi connectivity index (χ1) is 16.3. The highest BCUT2D eigenvalue weighted by Gasteiger charge is 2.48. The maximum absolute atomic E-state index is 11.1. The molecule has 0 spiro atoms. The maximum Gasteiger partial charge on any atom is 0.306 e. The number of aryl methyl sites for hydroxylation is 1. The number of carboxylic acid groups (broad SMARTS) is 1. The minimum absolute atomic E-state index is 0.145. The Morgan fingerprint density at radius 2 is 1.85 bits per heavy atom. The number of aliphatic hydroxyl groups is 1. The van der Waals surface area contributed by atoms with E-state index in [1.54, 1.807) is 23.0 Å². The number of hydrogen-bond donors (Lipinski definition) is 3. The smallest absolute Gasteiger partial charge is 0.306 e. The lowest BCUT2D eigenvalue weighted by Crippen LogP contribution is -2.45. The normalized spacial score (nSPS) is 19.5. The fourth-order valence-corrected chi connectivity index (χ4v) is 4.17. The van der Waals surface area contributed by atoms with Crippen LogP contribution in [0.5, 0.6) is 0 Å². The van der Waals surface area contributed by atoms with Crippen molar-refractivity contribution in [2.75, 3.05) is 5.73 Å². The third-order valence-corrected chi connectivity index (χ3v) is 5.98. The molecule has 0 aliphatic heterocycles. The first-order valence-electron chi connectivity index (χ1n) is 10.8. The molecule has 0 radical (unpaired) electrons. The molecule has 1 aliphatic carbocycles. The second-order valence-electron chi connectivity index (χ2n) is 8.66. The van der Waals surface area contributed by atoms with Crippen molar-refractivity contribution in [3.05, 3.63) is 71.7 Å². The van der Waals surface area contributed by atoms with Crippen LogP contribution in [0.1, 0.15) is 29.8 Å². The van der Waals surface area contributed by atoms with Gasteiger partial charge in [0.2, 0.25) is 5.95 Å². The quantitative estimate of drug-likeness (QED) is 0.396. The Hall–Kier alpha value is -4.18. The molecule has 5 rings (SSSR count). The Bertz CT molecular complexity index is 1380. The van der Waals surface area contributed by atoms with Gasteiger partial charge in [-0.2, -0.15) is 0 Å². The van der Waals surface area contributed by atoms with Gasteiger partial charge in [-0.3, -0.25) is 9.78 Å². The van der Waals surface area contributed by atoms with Crippen LogP contribution in [0.2, 0.25) is 0 Å². The summed E-state index contributed by atoms with van der Waals surface area (Å²) in [5.74, 6) is -1.29. The van der Waals surface area contributed by atoms with Gasteiger partial charge < -0.3 is 15.9 Å². The van der Waals surface area contributed by atoms with Crippen LogP contribution in [-0.4, -0.2) is 46.1 Å². The van der Waals surface area contributed by atoms with E-state index in [9.17, 15) is 9.90 Å². The molecule has 0 bridgehead atoms. The number of nitrogens with zero attached hydrogens (tertiary/aromatic N) is 6. The van der Waals surface area contributed by atoms with Gasteiger partial charge in [-0.25, -0.2) is 14.6 Å². The van der Waals surface area contributed by atoms with E-state index in [1.165, 1.54) is 0 Å². The average molecular weight is 457 g/mol. The average Bonchev–Trinajstić information content (AvgIpc) is 3.25. The molecular weight excluding hydrogens is 434 g/mol. The molecule has 1 aliphatic rings. The van der Waals surface area contributed by atoms with Gasteiger partial charge in [-0.1, -0.05) is 35.0 Å². The van der Waals surface area contributed by atoms with Crippen molar-refractivity contribution < 1.29 is 15.0 Å². The summed E-state index contributed by atoms with van der Waals surface area (Å²) < 4.78 is 1.62. The fourth-order valence-electron chi connectivity index (χ4n) is 4.17. The standard InChI is InChI=1S/C24H23N7O3/c1-14-4-2-5-15(8-14)18-9-19(28-23(25)27-18)20-13-31(30-29-20)12-17-6-3-7-21(26-17)24(34)10-16(11-24)22(32)33/h2-9,13,16,34H,10-12H2,1H3,(H,32,33)(H2,25,27,28). The van der Waals surface area contributed by atoms with E-state index in [1.807, 2.05) is 43.3 Å². The van der Waals surface area contributed by atoms with Crippen molar-refractivity contribution in [1.29, 1.82) is 0 Å². The Kier molecular flexibility index (Phi) is 5.29. The van der Waals surface area contributed by atoms with Crippen molar-refractivity contribution in [3.63, 3.8) is 0 Å². The summed E-state index contributed by atoms with van der Waals surface area (Å²) in [7, 11) is 0. The number of nitrogen functional groups attached to an aromatic ring is 1. The Morgan fingerprint density at radius 1 is 1.09 bits per heavy atom. The Labute approximate surface area is 195 Å². The molecule has 1 aromatic carbocycles. The number of carbonyl (C=O) groups is 1. The van der Waals surface area contributed by atoms with Crippen molar-refractivity contribution in [3.8, 4) is 22.6 Å². The van der Waals surface area contributed by atoms with Crippen LogP contribution in [0, 0.1) is 12.8 Å². The summed E-state index contributed by atoms with van der Waals surface area (Å²) in [6.07, 6.45) is 2.06. The highest BCUT2D eigenvalue weighted by atomic mass is 16.4. The molecule has 3 aromatic heterocycles. The molecule has 172 valence electrons.